The molecule has 0 amide bonds. The summed E-state index contributed by atoms with van der Waals surface area (Å²) in [5.74, 6) is 0.852. The summed E-state index contributed by atoms with van der Waals surface area (Å²) in [6.45, 7) is 6.68. The third-order valence-corrected chi connectivity index (χ3v) is 2.75. The first-order chi connectivity index (χ1) is 7.70. The molecule has 2 heterocycles. The topological polar surface area (TPSA) is 47.0 Å². The van der Waals surface area contributed by atoms with E-state index in [1.54, 1.807) is 11.3 Å². The van der Waals surface area contributed by atoms with Gasteiger partial charge in [0.1, 0.15) is 5.82 Å². The highest BCUT2D eigenvalue weighted by molar-refractivity contribution is 7.09. The first-order valence-electron chi connectivity index (χ1n) is 5.34. The van der Waals surface area contributed by atoms with E-state index in [1.165, 1.54) is 0 Å². The van der Waals surface area contributed by atoms with Crippen LogP contribution in [0, 0.1) is 0 Å². The Hall–Kier alpha value is -1.36. The van der Waals surface area contributed by atoms with Gasteiger partial charge in [0.25, 0.3) is 0 Å². The van der Waals surface area contributed by atoms with Gasteiger partial charge in [-0.1, -0.05) is 0 Å². The van der Waals surface area contributed by atoms with Crippen LogP contribution in [0.25, 0.3) is 10.9 Å². The van der Waals surface area contributed by atoms with Crippen molar-refractivity contribution in [1.82, 2.24) is 9.97 Å². The molecule has 0 saturated carbocycles. The molecule has 4 nitrogen and oxygen atoms in total. The van der Waals surface area contributed by atoms with E-state index in [-0.39, 0.29) is 0 Å². The van der Waals surface area contributed by atoms with Gasteiger partial charge in [-0.15, -0.1) is 11.3 Å². The number of ether oxygens (including phenoxy) is 1. The fourth-order valence-electron chi connectivity index (χ4n) is 1.42. The number of thiophene rings is 1. The number of rotatable bonds is 4. The highest BCUT2D eigenvalue weighted by Gasteiger charge is 2.09. The zero-order valence-electron chi connectivity index (χ0n) is 9.65. The van der Waals surface area contributed by atoms with Gasteiger partial charge >= 0.3 is 6.01 Å². The van der Waals surface area contributed by atoms with E-state index in [1.807, 2.05) is 12.3 Å². The Morgan fingerprint density at radius 2 is 2.19 bits per heavy atom. The Bertz CT molecular complexity index is 481. The Morgan fingerprint density at radius 3 is 2.88 bits per heavy atom. The molecule has 0 spiro atoms. The van der Waals surface area contributed by atoms with Gasteiger partial charge in [0.15, 0.2) is 0 Å². The lowest BCUT2D eigenvalue weighted by Crippen LogP contribution is -2.12. The number of hydrogen-bond donors (Lipinski definition) is 1. The number of aromatic nitrogens is 2. The summed E-state index contributed by atoms with van der Waals surface area (Å²) in [5, 5.41) is 8.42. The van der Waals surface area contributed by atoms with Crippen molar-refractivity contribution in [3.63, 3.8) is 0 Å². The average Bonchev–Trinajstić information content (AvgIpc) is 2.65. The van der Waals surface area contributed by atoms with Gasteiger partial charge in [0.2, 0.25) is 0 Å². The van der Waals surface area contributed by atoms with Crippen LogP contribution in [0.2, 0.25) is 0 Å². The van der Waals surface area contributed by atoms with Crippen molar-refractivity contribution in [2.45, 2.75) is 26.8 Å². The van der Waals surface area contributed by atoms with E-state index in [4.69, 9.17) is 4.74 Å². The van der Waals surface area contributed by atoms with Gasteiger partial charge in [-0.2, -0.15) is 9.97 Å². The second kappa shape index (κ2) is 4.65. The van der Waals surface area contributed by atoms with Crippen molar-refractivity contribution >= 4 is 28.1 Å². The molecular weight excluding hydrogens is 222 g/mol. The van der Waals surface area contributed by atoms with Crippen LogP contribution in [0.1, 0.15) is 20.8 Å². The van der Waals surface area contributed by atoms with Gasteiger partial charge in [-0.3, -0.25) is 0 Å². The standard InChI is InChI=1S/C11H15N3OS/c1-4-15-11-13-9-6-16-5-8(9)10(14-11)12-7(2)3/h5-7H,4H2,1-3H3,(H,12,13,14). The molecular formula is C11H15N3OS. The maximum absolute atomic E-state index is 5.35. The molecule has 0 aromatic carbocycles. The summed E-state index contributed by atoms with van der Waals surface area (Å²) < 4.78 is 5.35. The van der Waals surface area contributed by atoms with Crippen LogP contribution in [-0.2, 0) is 0 Å². The largest absolute Gasteiger partial charge is 0.464 e. The Balaban J connectivity index is 2.46. The number of anilines is 1. The van der Waals surface area contributed by atoms with Crippen molar-refractivity contribution in [2.24, 2.45) is 0 Å². The van der Waals surface area contributed by atoms with E-state index in [9.17, 15) is 0 Å². The van der Waals surface area contributed by atoms with Gasteiger partial charge in [-0.25, -0.2) is 0 Å². The van der Waals surface area contributed by atoms with Gasteiger partial charge < -0.3 is 10.1 Å². The average molecular weight is 237 g/mol. The van der Waals surface area contributed by atoms with Crippen LogP contribution in [0.3, 0.4) is 0 Å². The molecule has 0 atom stereocenters. The van der Waals surface area contributed by atoms with Crippen molar-refractivity contribution in [3.05, 3.63) is 10.8 Å². The predicted molar refractivity (Wildman–Crippen MR) is 67.3 cm³/mol. The minimum absolute atomic E-state index is 0.340. The molecule has 0 aliphatic heterocycles. The van der Waals surface area contributed by atoms with Crippen molar-refractivity contribution in [3.8, 4) is 6.01 Å². The van der Waals surface area contributed by atoms with Crippen LogP contribution in [0.4, 0.5) is 5.82 Å². The Labute approximate surface area is 98.7 Å². The minimum atomic E-state index is 0.340. The molecule has 0 unspecified atom stereocenters. The molecule has 0 aliphatic carbocycles. The number of hydrogen-bond acceptors (Lipinski definition) is 5. The molecule has 2 aromatic heterocycles. The molecule has 86 valence electrons. The number of fused-ring (bicyclic) bond motifs is 1. The van der Waals surface area contributed by atoms with Crippen LogP contribution in [0.15, 0.2) is 10.8 Å². The smallest absolute Gasteiger partial charge is 0.318 e. The SMILES string of the molecule is CCOc1nc(NC(C)C)c2cscc2n1. The molecule has 2 aromatic rings. The van der Waals surface area contributed by atoms with Gasteiger partial charge in [0.05, 0.1) is 17.5 Å². The zero-order chi connectivity index (χ0) is 11.5. The zero-order valence-corrected chi connectivity index (χ0v) is 10.5. The molecule has 0 aliphatic rings. The van der Waals surface area contributed by atoms with Crippen LogP contribution in [-0.4, -0.2) is 22.6 Å². The van der Waals surface area contributed by atoms with Crippen LogP contribution < -0.4 is 10.1 Å². The molecule has 0 bridgehead atoms. The van der Waals surface area contributed by atoms with E-state index in [0.717, 1.165) is 16.7 Å². The molecule has 0 radical (unpaired) electrons. The number of nitrogens with zero attached hydrogens (tertiary/aromatic N) is 2. The minimum Gasteiger partial charge on any atom is -0.464 e. The molecule has 16 heavy (non-hydrogen) atoms. The predicted octanol–water partition coefficient (Wildman–Crippen LogP) is 2.91. The van der Waals surface area contributed by atoms with Crippen LogP contribution in [0.5, 0.6) is 6.01 Å². The number of nitrogens with one attached hydrogen (secondary N) is 1. The first-order valence-corrected chi connectivity index (χ1v) is 6.28. The molecule has 0 fully saturated rings. The lowest BCUT2D eigenvalue weighted by Gasteiger charge is -2.11. The normalized spacial score (nSPS) is 11.0. The summed E-state index contributed by atoms with van der Waals surface area (Å²) in [5.41, 5.74) is 0.937. The third-order valence-electron chi connectivity index (χ3n) is 2.02. The van der Waals surface area contributed by atoms with Crippen molar-refractivity contribution in [1.29, 1.82) is 0 Å². The maximum Gasteiger partial charge on any atom is 0.318 e. The molecule has 1 N–H and O–H groups in total. The third kappa shape index (κ3) is 2.24. The fraction of sp³-hybridized carbons (Fsp3) is 0.455. The summed E-state index contributed by atoms with van der Waals surface area (Å²) in [6.07, 6.45) is 0. The van der Waals surface area contributed by atoms with E-state index in [2.05, 4.69) is 34.5 Å². The second-order valence-corrected chi connectivity index (χ2v) is 4.50. The maximum atomic E-state index is 5.35. The quantitative estimate of drug-likeness (QED) is 0.888. The van der Waals surface area contributed by atoms with E-state index in [0.29, 0.717) is 18.7 Å². The molecule has 5 heteroatoms. The molecule has 2 rings (SSSR count). The summed E-state index contributed by atoms with van der Waals surface area (Å²) in [6, 6.07) is 0.782. The highest BCUT2D eigenvalue weighted by atomic mass is 32.1. The lowest BCUT2D eigenvalue weighted by atomic mass is 10.3. The van der Waals surface area contributed by atoms with Crippen LogP contribution >= 0.6 is 11.3 Å². The van der Waals surface area contributed by atoms with Crippen molar-refractivity contribution in [2.75, 3.05) is 11.9 Å². The first kappa shape index (κ1) is 11.1. The molecule has 0 saturated heterocycles. The monoisotopic (exact) mass is 237 g/mol. The summed E-state index contributed by atoms with van der Waals surface area (Å²) >= 11 is 1.62. The van der Waals surface area contributed by atoms with E-state index >= 15 is 0 Å². The van der Waals surface area contributed by atoms with Crippen molar-refractivity contribution < 1.29 is 4.74 Å². The summed E-state index contributed by atoms with van der Waals surface area (Å²) in [4.78, 5) is 8.70. The Morgan fingerprint density at radius 1 is 1.38 bits per heavy atom. The fourth-order valence-corrected chi connectivity index (χ4v) is 2.16. The second-order valence-electron chi connectivity index (χ2n) is 3.76. The van der Waals surface area contributed by atoms with Gasteiger partial charge in [0, 0.05) is 16.8 Å². The summed E-state index contributed by atoms with van der Waals surface area (Å²) in [7, 11) is 0. The highest BCUT2D eigenvalue weighted by Crippen LogP contribution is 2.26. The lowest BCUT2D eigenvalue weighted by molar-refractivity contribution is 0.314. The Kier molecular flexibility index (Phi) is 3.24. The van der Waals surface area contributed by atoms with E-state index < -0.39 is 0 Å². The van der Waals surface area contributed by atoms with Gasteiger partial charge in [-0.05, 0) is 20.8 Å².